The van der Waals surface area contributed by atoms with E-state index in [4.69, 9.17) is 10.5 Å². The molecule has 8 heteroatoms. The molecule has 0 aromatic heterocycles. The van der Waals surface area contributed by atoms with Crippen LogP contribution in [0.4, 0.5) is 10.5 Å². The van der Waals surface area contributed by atoms with Crippen molar-refractivity contribution in [2.75, 3.05) is 18.8 Å². The molecule has 0 fully saturated rings. The first-order valence-electron chi connectivity index (χ1n) is 6.86. The van der Waals surface area contributed by atoms with E-state index in [2.05, 4.69) is 10.0 Å². The fourth-order valence-corrected chi connectivity index (χ4v) is 2.77. The van der Waals surface area contributed by atoms with Gasteiger partial charge in [0.1, 0.15) is 5.60 Å². The number of nitrogens with two attached hydrogens (primary N) is 1. The molecule has 0 aliphatic heterocycles. The lowest BCUT2D eigenvalue weighted by Crippen LogP contribution is -2.38. The number of rotatable bonds is 6. The van der Waals surface area contributed by atoms with Gasteiger partial charge in [-0.05, 0) is 38.5 Å². The maximum absolute atomic E-state index is 11.9. The number of hydrogen-bond donors (Lipinski definition) is 3. The topological polar surface area (TPSA) is 111 Å². The predicted molar refractivity (Wildman–Crippen MR) is 85.7 cm³/mol. The van der Waals surface area contributed by atoms with Crippen LogP contribution in [0.25, 0.3) is 0 Å². The van der Waals surface area contributed by atoms with Gasteiger partial charge in [-0.15, -0.1) is 0 Å². The quantitative estimate of drug-likeness (QED) is 0.537. The number of amides is 1. The molecule has 0 radical (unpaired) electrons. The maximum atomic E-state index is 11.9. The summed E-state index contributed by atoms with van der Waals surface area (Å²) in [5, 5.41) is 2.48. The van der Waals surface area contributed by atoms with Gasteiger partial charge in [0.05, 0.1) is 5.75 Å². The largest absolute Gasteiger partial charge is 0.444 e. The molecule has 0 bridgehead atoms. The second kappa shape index (κ2) is 7.46. The van der Waals surface area contributed by atoms with Gasteiger partial charge in [0.25, 0.3) is 0 Å². The van der Waals surface area contributed by atoms with E-state index >= 15 is 0 Å². The third-order valence-electron chi connectivity index (χ3n) is 2.42. The Hall–Kier alpha value is -1.80. The summed E-state index contributed by atoms with van der Waals surface area (Å²) in [6.07, 6.45) is -0.581. The number of nitrogens with one attached hydrogen (secondary N) is 2. The zero-order valence-corrected chi connectivity index (χ0v) is 13.9. The van der Waals surface area contributed by atoms with Crippen molar-refractivity contribution in [2.45, 2.75) is 32.1 Å². The molecule has 1 amide bonds. The maximum Gasteiger partial charge on any atom is 0.407 e. The summed E-state index contributed by atoms with van der Waals surface area (Å²) >= 11 is 0. The fraction of sp³-hybridized carbons (Fsp3) is 0.500. The smallest absolute Gasteiger partial charge is 0.407 e. The Labute approximate surface area is 131 Å². The number of carbonyl (C=O) groups excluding carboxylic acids is 1. The molecule has 124 valence electrons. The van der Waals surface area contributed by atoms with Crippen LogP contribution in [0.1, 0.15) is 26.3 Å². The van der Waals surface area contributed by atoms with Crippen LogP contribution in [-0.2, 0) is 20.5 Å². The number of benzene rings is 1. The van der Waals surface area contributed by atoms with E-state index in [0.717, 1.165) is 0 Å². The highest BCUT2D eigenvalue weighted by Crippen LogP contribution is 2.09. The SMILES string of the molecule is CC(C)(C)OC(=O)NCCNS(=O)(=O)Cc1cccc(N)c1. The number of anilines is 1. The van der Waals surface area contributed by atoms with E-state index in [9.17, 15) is 13.2 Å². The Bertz CT molecular complexity index is 609. The fourth-order valence-electron chi connectivity index (χ4n) is 1.64. The minimum atomic E-state index is -3.48. The van der Waals surface area contributed by atoms with Gasteiger partial charge in [0, 0.05) is 18.8 Å². The first kappa shape index (κ1) is 18.2. The number of sulfonamides is 1. The molecule has 1 rings (SSSR count). The summed E-state index contributed by atoms with van der Waals surface area (Å²) < 4.78 is 31.2. The Morgan fingerprint density at radius 2 is 1.95 bits per heavy atom. The van der Waals surface area contributed by atoms with Crippen LogP contribution in [0.5, 0.6) is 0 Å². The van der Waals surface area contributed by atoms with Crippen LogP contribution in [0.3, 0.4) is 0 Å². The molecule has 22 heavy (non-hydrogen) atoms. The van der Waals surface area contributed by atoms with Crippen molar-refractivity contribution in [1.82, 2.24) is 10.0 Å². The molecule has 0 saturated carbocycles. The highest BCUT2D eigenvalue weighted by molar-refractivity contribution is 7.88. The van der Waals surface area contributed by atoms with Gasteiger partial charge in [-0.3, -0.25) is 0 Å². The first-order valence-corrected chi connectivity index (χ1v) is 8.51. The lowest BCUT2D eigenvalue weighted by molar-refractivity contribution is 0.0529. The molecular formula is C14H23N3O4S. The second-order valence-corrected chi connectivity index (χ2v) is 7.63. The highest BCUT2D eigenvalue weighted by atomic mass is 32.2. The molecule has 0 aliphatic carbocycles. The number of ether oxygens (including phenoxy) is 1. The van der Waals surface area contributed by atoms with Crippen LogP contribution in [0.2, 0.25) is 0 Å². The van der Waals surface area contributed by atoms with Crippen LogP contribution in [-0.4, -0.2) is 33.2 Å². The molecule has 0 heterocycles. The Morgan fingerprint density at radius 1 is 1.27 bits per heavy atom. The molecular weight excluding hydrogens is 306 g/mol. The van der Waals surface area contributed by atoms with E-state index < -0.39 is 21.7 Å². The molecule has 0 saturated heterocycles. The number of hydrogen-bond acceptors (Lipinski definition) is 5. The molecule has 0 unspecified atom stereocenters. The van der Waals surface area contributed by atoms with Gasteiger partial charge < -0.3 is 15.8 Å². The summed E-state index contributed by atoms with van der Waals surface area (Å²) in [6, 6.07) is 6.69. The number of nitrogen functional groups attached to an aromatic ring is 1. The Kier molecular flexibility index (Phi) is 6.19. The van der Waals surface area contributed by atoms with Crippen LogP contribution in [0, 0.1) is 0 Å². The van der Waals surface area contributed by atoms with Crippen molar-refractivity contribution >= 4 is 21.8 Å². The van der Waals surface area contributed by atoms with E-state index in [-0.39, 0.29) is 18.8 Å². The highest BCUT2D eigenvalue weighted by Gasteiger charge is 2.16. The lowest BCUT2D eigenvalue weighted by Gasteiger charge is -2.19. The van der Waals surface area contributed by atoms with E-state index in [1.165, 1.54) is 0 Å². The summed E-state index contributed by atoms with van der Waals surface area (Å²) in [5.74, 6) is -0.162. The molecule has 1 aromatic rings. The lowest BCUT2D eigenvalue weighted by atomic mass is 10.2. The summed E-state index contributed by atoms with van der Waals surface area (Å²) in [7, 11) is -3.48. The summed E-state index contributed by atoms with van der Waals surface area (Å²) in [5.41, 5.74) is 6.14. The Balaban J connectivity index is 2.36. The Morgan fingerprint density at radius 3 is 2.55 bits per heavy atom. The molecule has 1 aromatic carbocycles. The van der Waals surface area contributed by atoms with Crippen molar-refractivity contribution < 1.29 is 17.9 Å². The van der Waals surface area contributed by atoms with Crippen molar-refractivity contribution in [1.29, 1.82) is 0 Å². The van der Waals surface area contributed by atoms with Crippen molar-refractivity contribution in [3.05, 3.63) is 29.8 Å². The zero-order chi connectivity index (χ0) is 16.8. The van der Waals surface area contributed by atoms with Crippen LogP contribution >= 0.6 is 0 Å². The molecule has 0 atom stereocenters. The number of alkyl carbamates (subject to hydrolysis) is 1. The summed E-state index contributed by atoms with van der Waals surface area (Å²) in [4.78, 5) is 11.4. The third-order valence-corrected chi connectivity index (χ3v) is 3.78. The minimum absolute atomic E-state index is 0.0872. The predicted octanol–water partition coefficient (Wildman–Crippen LogP) is 1.21. The zero-order valence-electron chi connectivity index (χ0n) is 13.0. The van der Waals surface area contributed by atoms with Gasteiger partial charge in [-0.25, -0.2) is 17.9 Å². The van der Waals surface area contributed by atoms with E-state index in [1.807, 2.05) is 0 Å². The van der Waals surface area contributed by atoms with Crippen molar-refractivity contribution in [3.63, 3.8) is 0 Å². The number of carbonyl (C=O) groups is 1. The first-order chi connectivity index (χ1) is 10.1. The minimum Gasteiger partial charge on any atom is -0.444 e. The summed E-state index contributed by atoms with van der Waals surface area (Å²) in [6.45, 7) is 5.48. The molecule has 7 nitrogen and oxygen atoms in total. The van der Waals surface area contributed by atoms with Gasteiger partial charge in [0.2, 0.25) is 10.0 Å². The van der Waals surface area contributed by atoms with Gasteiger partial charge >= 0.3 is 6.09 Å². The van der Waals surface area contributed by atoms with Gasteiger partial charge in [-0.2, -0.15) is 0 Å². The molecule has 4 N–H and O–H groups in total. The van der Waals surface area contributed by atoms with Crippen LogP contribution in [0.15, 0.2) is 24.3 Å². The van der Waals surface area contributed by atoms with E-state index in [1.54, 1.807) is 45.0 Å². The molecule has 0 spiro atoms. The van der Waals surface area contributed by atoms with Gasteiger partial charge in [0.15, 0.2) is 0 Å². The van der Waals surface area contributed by atoms with Crippen LogP contribution < -0.4 is 15.8 Å². The normalized spacial score (nSPS) is 12.0. The second-order valence-electron chi connectivity index (χ2n) is 5.83. The van der Waals surface area contributed by atoms with Crippen molar-refractivity contribution in [3.8, 4) is 0 Å². The third kappa shape index (κ3) is 7.84. The van der Waals surface area contributed by atoms with Crippen molar-refractivity contribution in [2.24, 2.45) is 0 Å². The van der Waals surface area contributed by atoms with E-state index in [0.29, 0.717) is 11.3 Å². The molecule has 0 aliphatic rings. The monoisotopic (exact) mass is 329 g/mol. The van der Waals surface area contributed by atoms with Gasteiger partial charge in [-0.1, -0.05) is 12.1 Å². The average molecular weight is 329 g/mol. The standard InChI is InChI=1S/C14H23N3O4S/c1-14(2,3)21-13(18)16-7-8-17-22(19,20)10-11-5-4-6-12(15)9-11/h4-6,9,17H,7-8,10,15H2,1-3H3,(H,16,18). The average Bonchev–Trinajstić information content (AvgIpc) is 2.32.